The first-order valence-electron chi connectivity index (χ1n) is 8.04. The summed E-state index contributed by atoms with van der Waals surface area (Å²) < 4.78 is 12.8. The van der Waals surface area contributed by atoms with E-state index in [2.05, 4.69) is 26.9 Å². The van der Waals surface area contributed by atoms with Gasteiger partial charge in [0.15, 0.2) is 11.0 Å². The molecule has 1 aliphatic heterocycles. The largest absolute Gasteiger partial charge is 0.376 e. The molecule has 130 valence electrons. The second-order valence-corrected chi connectivity index (χ2v) is 6.91. The smallest absolute Gasteiger partial charge is 0.236 e. The van der Waals surface area contributed by atoms with E-state index in [1.165, 1.54) is 11.8 Å². The summed E-state index contributed by atoms with van der Waals surface area (Å²) in [5, 5.41) is 7.34. The summed E-state index contributed by atoms with van der Waals surface area (Å²) in [6.07, 6.45) is 2.43. The Morgan fingerprint density at radius 1 is 1.46 bits per heavy atom. The van der Waals surface area contributed by atoms with E-state index in [4.69, 9.17) is 9.26 Å². The van der Waals surface area contributed by atoms with Crippen molar-refractivity contribution in [3.8, 4) is 0 Å². The Hall–Kier alpha value is -1.80. The lowest BCUT2D eigenvalue weighted by Crippen LogP contribution is -2.18. The molecular weight excluding hydrogens is 328 g/mol. The Balaban J connectivity index is 1.61. The van der Waals surface area contributed by atoms with Gasteiger partial charge in [-0.1, -0.05) is 16.9 Å². The summed E-state index contributed by atoms with van der Waals surface area (Å²) >= 11 is 1.43. The molecule has 0 saturated carbocycles. The van der Waals surface area contributed by atoms with E-state index in [1.54, 1.807) is 13.0 Å². The van der Waals surface area contributed by atoms with Crippen LogP contribution >= 0.6 is 11.8 Å². The van der Waals surface area contributed by atoms with Gasteiger partial charge in [-0.15, -0.1) is 0 Å². The van der Waals surface area contributed by atoms with E-state index in [0.717, 1.165) is 42.5 Å². The van der Waals surface area contributed by atoms with E-state index < -0.39 is 0 Å². The van der Waals surface area contributed by atoms with Crippen molar-refractivity contribution < 1.29 is 14.1 Å². The fraction of sp³-hybridized carbons (Fsp3) is 0.562. The Kier molecular flexibility index (Phi) is 5.25. The quantitative estimate of drug-likeness (QED) is 0.807. The van der Waals surface area contributed by atoms with E-state index in [-0.39, 0.29) is 17.8 Å². The monoisotopic (exact) mass is 350 g/mol. The number of aromatic nitrogens is 3. The maximum Gasteiger partial charge on any atom is 0.236 e. The summed E-state index contributed by atoms with van der Waals surface area (Å²) in [5.41, 5.74) is 2.11. The molecule has 1 fully saturated rings. The molecule has 0 radical (unpaired) electrons. The standard InChI is InChI=1S/C16H22N4O3S/c1-10-7-14(19-23-10)18-15(21)9-24-16-17-11(2)12(3)20(16)8-13-5-4-6-22-13/h7,13H,4-6,8-9H2,1-3H3,(H,18,19,21). The maximum absolute atomic E-state index is 12.1. The molecule has 0 aliphatic carbocycles. The molecule has 1 saturated heterocycles. The van der Waals surface area contributed by atoms with Crippen molar-refractivity contribution in [2.45, 2.75) is 51.4 Å². The lowest BCUT2D eigenvalue weighted by molar-refractivity contribution is -0.113. The van der Waals surface area contributed by atoms with Crippen molar-refractivity contribution in [1.29, 1.82) is 0 Å². The zero-order valence-corrected chi connectivity index (χ0v) is 15.0. The summed E-state index contributed by atoms with van der Waals surface area (Å²) in [6, 6.07) is 1.69. The molecular formula is C16H22N4O3S. The van der Waals surface area contributed by atoms with E-state index in [1.807, 2.05) is 6.92 Å². The Morgan fingerprint density at radius 2 is 2.29 bits per heavy atom. The van der Waals surface area contributed by atoms with Crippen LogP contribution in [0.5, 0.6) is 0 Å². The maximum atomic E-state index is 12.1. The molecule has 2 aromatic heterocycles. The predicted octanol–water partition coefficient (Wildman–Crippen LogP) is 2.71. The van der Waals surface area contributed by atoms with Gasteiger partial charge in [0.25, 0.3) is 0 Å². The third kappa shape index (κ3) is 3.99. The number of nitrogens with zero attached hydrogens (tertiary/aromatic N) is 3. The molecule has 0 aromatic carbocycles. The molecule has 1 N–H and O–H groups in total. The molecule has 1 amide bonds. The Morgan fingerprint density at radius 3 is 2.96 bits per heavy atom. The summed E-state index contributed by atoms with van der Waals surface area (Å²) in [7, 11) is 0. The van der Waals surface area contributed by atoms with Gasteiger partial charge >= 0.3 is 0 Å². The topological polar surface area (TPSA) is 82.2 Å². The number of carbonyl (C=O) groups is 1. The Labute approximate surface area is 145 Å². The molecule has 2 aromatic rings. The van der Waals surface area contributed by atoms with Crippen LogP contribution in [0.15, 0.2) is 15.7 Å². The first kappa shape index (κ1) is 17.0. The minimum Gasteiger partial charge on any atom is -0.376 e. The van der Waals surface area contributed by atoms with Crippen LogP contribution in [-0.4, -0.2) is 39.1 Å². The van der Waals surface area contributed by atoms with E-state index in [0.29, 0.717) is 11.6 Å². The van der Waals surface area contributed by atoms with Crippen molar-refractivity contribution in [3.63, 3.8) is 0 Å². The van der Waals surface area contributed by atoms with Crippen LogP contribution in [0.2, 0.25) is 0 Å². The van der Waals surface area contributed by atoms with Gasteiger partial charge in [-0.05, 0) is 33.6 Å². The number of hydrogen-bond acceptors (Lipinski definition) is 6. The number of ether oxygens (including phenoxy) is 1. The van der Waals surface area contributed by atoms with Crippen LogP contribution in [0, 0.1) is 20.8 Å². The third-order valence-corrected chi connectivity index (χ3v) is 5.04. The molecule has 1 atom stereocenters. The van der Waals surface area contributed by atoms with Crippen molar-refractivity contribution in [2.75, 3.05) is 17.7 Å². The normalized spacial score (nSPS) is 17.4. The van der Waals surface area contributed by atoms with Crippen molar-refractivity contribution >= 4 is 23.5 Å². The molecule has 1 aliphatic rings. The van der Waals surface area contributed by atoms with Crippen LogP contribution in [0.25, 0.3) is 0 Å². The fourth-order valence-electron chi connectivity index (χ4n) is 2.68. The number of anilines is 1. The number of imidazole rings is 1. The molecule has 0 spiro atoms. The van der Waals surface area contributed by atoms with E-state index >= 15 is 0 Å². The van der Waals surface area contributed by atoms with Crippen LogP contribution in [0.3, 0.4) is 0 Å². The number of thioether (sulfide) groups is 1. The molecule has 0 bridgehead atoms. The lowest BCUT2D eigenvalue weighted by Gasteiger charge is -2.14. The van der Waals surface area contributed by atoms with Crippen LogP contribution < -0.4 is 5.32 Å². The molecule has 8 heteroatoms. The number of nitrogens with one attached hydrogen (secondary N) is 1. The third-order valence-electron chi connectivity index (χ3n) is 4.06. The average Bonchev–Trinajstić information content (AvgIpc) is 3.25. The summed E-state index contributed by atoms with van der Waals surface area (Å²) in [5.74, 6) is 1.24. The van der Waals surface area contributed by atoms with Gasteiger partial charge in [-0.25, -0.2) is 4.98 Å². The molecule has 7 nitrogen and oxygen atoms in total. The van der Waals surface area contributed by atoms with E-state index in [9.17, 15) is 4.79 Å². The lowest BCUT2D eigenvalue weighted by atomic mass is 10.2. The van der Waals surface area contributed by atoms with Gasteiger partial charge in [-0.2, -0.15) is 0 Å². The number of rotatable bonds is 6. The number of hydrogen-bond donors (Lipinski definition) is 1. The van der Waals surface area contributed by atoms with Crippen LogP contribution in [0.4, 0.5) is 5.82 Å². The zero-order valence-electron chi connectivity index (χ0n) is 14.2. The first-order valence-corrected chi connectivity index (χ1v) is 9.03. The first-order chi connectivity index (χ1) is 11.5. The minimum absolute atomic E-state index is 0.129. The number of carbonyl (C=O) groups excluding carboxylic acids is 1. The predicted molar refractivity (Wildman–Crippen MR) is 91.3 cm³/mol. The van der Waals surface area contributed by atoms with Crippen LogP contribution in [-0.2, 0) is 16.1 Å². The number of aryl methyl sites for hydroxylation is 2. The zero-order chi connectivity index (χ0) is 17.1. The van der Waals surface area contributed by atoms with Gasteiger partial charge in [0, 0.05) is 18.4 Å². The van der Waals surface area contributed by atoms with Crippen LogP contribution in [0.1, 0.15) is 30.0 Å². The Bertz CT molecular complexity index is 719. The fourth-order valence-corrected chi connectivity index (χ4v) is 3.58. The highest BCUT2D eigenvalue weighted by Gasteiger charge is 2.20. The van der Waals surface area contributed by atoms with Gasteiger partial charge in [-0.3, -0.25) is 4.79 Å². The molecule has 3 heterocycles. The number of amides is 1. The van der Waals surface area contributed by atoms with Gasteiger partial charge in [0.1, 0.15) is 5.76 Å². The van der Waals surface area contributed by atoms with Gasteiger partial charge in [0.05, 0.1) is 24.1 Å². The minimum atomic E-state index is -0.129. The summed E-state index contributed by atoms with van der Waals surface area (Å²) in [4.78, 5) is 16.7. The second kappa shape index (κ2) is 7.40. The SMILES string of the molecule is Cc1cc(NC(=O)CSc2nc(C)c(C)n2CC2CCCO2)no1. The van der Waals surface area contributed by atoms with Crippen molar-refractivity contribution in [1.82, 2.24) is 14.7 Å². The second-order valence-electron chi connectivity index (χ2n) is 5.97. The molecule has 24 heavy (non-hydrogen) atoms. The van der Waals surface area contributed by atoms with Crippen molar-refractivity contribution in [2.24, 2.45) is 0 Å². The van der Waals surface area contributed by atoms with Gasteiger partial charge in [0.2, 0.25) is 5.91 Å². The highest BCUT2D eigenvalue weighted by molar-refractivity contribution is 7.99. The highest BCUT2D eigenvalue weighted by Crippen LogP contribution is 2.24. The average molecular weight is 350 g/mol. The van der Waals surface area contributed by atoms with Crippen molar-refractivity contribution in [3.05, 3.63) is 23.2 Å². The molecule has 3 rings (SSSR count). The van der Waals surface area contributed by atoms with Gasteiger partial charge < -0.3 is 19.1 Å². The highest BCUT2D eigenvalue weighted by atomic mass is 32.2. The molecule has 1 unspecified atom stereocenters. The summed E-state index contributed by atoms with van der Waals surface area (Å²) in [6.45, 7) is 7.45.